The molecule has 0 saturated carbocycles. The number of hydrogen-bond donors (Lipinski definition) is 3. The first-order valence-corrected chi connectivity index (χ1v) is 6.43. The molecule has 0 spiro atoms. The number of carbonyl (C=O) groups is 1. The molecule has 0 fully saturated rings. The zero-order chi connectivity index (χ0) is 14.3. The molecular formula is C14H16N4O2. The summed E-state index contributed by atoms with van der Waals surface area (Å²) in [6.45, 7) is 1.86. The highest BCUT2D eigenvalue weighted by molar-refractivity contribution is 6.03. The number of phenolic OH excluding ortho intramolecular Hbond substituents is 1. The Balaban J connectivity index is 1.83. The molecule has 1 amide bonds. The van der Waals surface area contributed by atoms with Gasteiger partial charge < -0.3 is 15.7 Å². The summed E-state index contributed by atoms with van der Waals surface area (Å²) < 4.78 is 1.73. The van der Waals surface area contributed by atoms with Gasteiger partial charge in [0.05, 0.1) is 5.69 Å². The van der Waals surface area contributed by atoms with E-state index in [1.807, 2.05) is 26.1 Å². The van der Waals surface area contributed by atoms with Gasteiger partial charge in [0.2, 0.25) is 5.91 Å². The zero-order valence-corrected chi connectivity index (χ0v) is 11.3. The first kappa shape index (κ1) is 12.5. The van der Waals surface area contributed by atoms with Crippen molar-refractivity contribution in [3.8, 4) is 5.75 Å². The van der Waals surface area contributed by atoms with Gasteiger partial charge in [-0.15, -0.1) is 0 Å². The number of nitrogens with zero attached hydrogens (tertiary/aromatic N) is 2. The topological polar surface area (TPSA) is 79.2 Å². The maximum absolute atomic E-state index is 12.1. The van der Waals surface area contributed by atoms with Crippen molar-refractivity contribution in [2.24, 2.45) is 7.05 Å². The predicted octanol–water partition coefficient (Wildman–Crippen LogP) is 1.41. The molecule has 0 aliphatic carbocycles. The average molecular weight is 272 g/mol. The highest BCUT2D eigenvalue weighted by atomic mass is 16.3. The molecule has 1 aromatic carbocycles. The van der Waals surface area contributed by atoms with E-state index in [2.05, 4.69) is 15.7 Å². The van der Waals surface area contributed by atoms with E-state index < -0.39 is 0 Å². The van der Waals surface area contributed by atoms with Gasteiger partial charge in [-0.3, -0.25) is 9.48 Å². The van der Waals surface area contributed by atoms with Gasteiger partial charge in [-0.2, -0.15) is 5.10 Å². The molecule has 0 radical (unpaired) electrons. The predicted molar refractivity (Wildman–Crippen MR) is 75.8 cm³/mol. The summed E-state index contributed by atoms with van der Waals surface area (Å²) in [5.41, 5.74) is 2.53. The number of phenols is 1. The Labute approximate surface area is 116 Å². The molecule has 3 rings (SSSR count). The van der Waals surface area contributed by atoms with Gasteiger partial charge in [-0.1, -0.05) is 12.1 Å². The Hall–Kier alpha value is -2.50. The summed E-state index contributed by atoms with van der Waals surface area (Å²) in [4.78, 5) is 12.1. The molecule has 3 N–H and O–H groups in total. The van der Waals surface area contributed by atoms with Crippen LogP contribution in [0, 0.1) is 6.92 Å². The van der Waals surface area contributed by atoms with Crippen LogP contribution in [0.25, 0.3) is 0 Å². The van der Waals surface area contributed by atoms with E-state index in [4.69, 9.17) is 0 Å². The molecule has 104 valence electrons. The van der Waals surface area contributed by atoms with Crippen molar-refractivity contribution in [3.05, 3.63) is 35.5 Å². The number of hydrogen-bond acceptors (Lipinski definition) is 4. The molecular weight excluding hydrogens is 256 g/mol. The number of benzene rings is 1. The summed E-state index contributed by atoms with van der Waals surface area (Å²) in [5.74, 6) is 0.979. The Morgan fingerprint density at radius 1 is 1.35 bits per heavy atom. The molecule has 1 unspecified atom stereocenters. The minimum Gasteiger partial charge on any atom is -0.508 e. The highest BCUT2D eigenvalue weighted by Crippen LogP contribution is 2.30. The van der Waals surface area contributed by atoms with Crippen LogP contribution in [0.5, 0.6) is 5.75 Å². The van der Waals surface area contributed by atoms with Crippen molar-refractivity contribution in [1.82, 2.24) is 9.78 Å². The fraction of sp³-hybridized carbons (Fsp3) is 0.286. The average Bonchev–Trinajstić information content (AvgIpc) is 2.68. The number of aryl methyl sites for hydroxylation is 2. The second-order valence-corrected chi connectivity index (χ2v) is 4.99. The molecule has 20 heavy (non-hydrogen) atoms. The molecule has 2 aromatic rings. The monoisotopic (exact) mass is 272 g/mol. The first-order chi connectivity index (χ1) is 9.54. The Kier molecular flexibility index (Phi) is 2.85. The third kappa shape index (κ3) is 2.09. The number of aromatic nitrogens is 2. The second-order valence-electron chi connectivity index (χ2n) is 4.99. The summed E-state index contributed by atoms with van der Waals surface area (Å²) in [7, 11) is 1.84. The van der Waals surface area contributed by atoms with Crippen LogP contribution in [-0.4, -0.2) is 26.8 Å². The van der Waals surface area contributed by atoms with Crippen molar-refractivity contribution in [3.63, 3.8) is 0 Å². The van der Waals surface area contributed by atoms with Crippen LogP contribution in [0.3, 0.4) is 0 Å². The summed E-state index contributed by atoms with van der Waals surface area (Å²) in [6.07, 6.45) is 0.551. The lowest BCUT2D eigenvalue weighted by molar-refractivity contribution is -0.117. The lowest BCUT2D eigenvalue weighted by atomic mass is 10.0. The number of nitrogens with one attached hydrogen (secondary N) is 2. The molecule has 1 aliphatic rings. The summed E-state index contributed by atoms with van der Waals surface area (Å²) in [6, 6.07) is 6.52. The minimum absolute atomic E-state index is 0.0679. The second kappa shape index (κ2) is 4.56. The van der Waals surface area contributed by atoms with Crippen LogP contribution in [0.15, 0.2) is 24.3 Å². The third-order valence-electron chi connectivity index (χ3n) is 3.47. The number of rotatable bonds is 2. The standard InChI is InChI=1S/C14H16N4O2/c1-8-12-13(18(2)17-8)15-11(14(20)16-12)7-9-3-5-10(19)6-4-9/h3-6,11,15,19H,7H2,1-2H3,(H,16,20). The largest absolute Gasteiger partial charge is 0.508 e. The first-order valence-electron chi connectivity index (χ1n) is 6.43. The molecule has 0 saturated heterocycles. The van der Waals surface area contributed by atoms with Gasteiger partial charge in [0.1, 0.15) is 23.3 Å². The van der Waals surface area contributed by atoms with E-state index in [1.165, 1.54) is 0 Å². The number of anilines is 2. The van der Waals surface area contributed by atoms with Gasteiger partial charge >= 0.3 is 0 Å². The van der Waals surface area contributed by atoms with E-state index >= 15 is 0 Å². The van der Waals surface area contributed by atoms with Crippen molar-refractivity contribution in [2.45, 2.75) is 19.4 Å². The van der Waals surface area contributed by atoms with Crippen LogP contribution in [0.1, 0.15) is 11.3 Å². The fourth-order valence-corrected chi connectivity index (χ4v) is 2.43. The smallest absolute Gasteiger partial charge is 0.247 e. The Morgan fingerprint density at radius 3 is 2.75 bits per heavy atom. The zero-order valence-electron chi connectivity index (χ0n) is 11.3. The quantitative estimate of drug-likeness (QED) is 0.772. The summed E-state index contributed by atoms with van der Waals surface area (Å²) in [5, 5.41) is 19.7. The molecule has 6 heteroatoms. The number of fused-ring (bicyclic) bond motifs is 1. The van der Waals surface area contributed by atoms with Crippen molar-refractivity contribution >= 4 is 17.4 Å². The van der Waals surface area contributed by atoms with E-state index in [-0.39, 0.29) is 17.7 Å². The highest BCUT2D eigenvalue weighted by Gasteiger charge is 2.29. The fourth-order valence-electron chi connectivity index (χ4n) is 2.43. The maximum atomic E-state index is 12.1. The van der Waals surface area contributed by atoms with Crippen LogP contribution in [0.4, 0.5) is 11.5 Å². The van der Waals surface area contributed by atoms with Crippen molar-refractivity contribution in [1.29, 1.82) is 0 Å². The Bertz CT molecular complexity index is 661. The van der Waals surface area contributed by atoms with Crippen molar-refractivity contribution < 1.29 is 9.90 Å². The van der Waals surface area contributed by atoms with E-state index in [9.17, 15) is 9.90 Å². The molecule has 6 nitrogen and oxygen atoms in total. The van der Waals surface area contributed by atoms with Crippen LogP contribution >= 0.6 is 0 Å². The SMILES string of the molecule is Cc1nn(C)c2c1NC(=O)C(Cc1ccc(O)cc1)N2. The molecule has 1 aliphatic heterocycles. The molecule has 1 aromatic heterocycles. The van der Waals surface area contributed by atoms with Gasteiger partial charge in [0, 0.05) is 13.5 Å². The van der Waals surface area contributed by atoms with Gasteiger partial charge in [-0.25, -0.2) is 0 Å². The maximum Gasteiger partial charge on any atom is 0.247 e. The number of carbonyl (C=O) groups excluding carboxylic acids is 1. The van der Waals surface area contributed by atoms with E-state index in [1.54, 1.807) is 16.8 Å². The number of aromatic hydroxyl groups is 1. The van der Waals surface area contributed by atoms with Crippen molar-refractivity contribution in [2.75, 3.05) is 10.6 Å². The summed E-state index contributed by atoms with van der Waals surface area (Å²) >= 11 is 0. The third-order valence-corrected chi connectivity index (χ3v) is 3.47. The van der Waals surface area contributed by atoms with Crippen LogP contribution in [-0.2, 0) is 18.3 Å². The molecule has 2 heterocycles. The number of amides is 1. The van der Waals surface area contributed by atoms with Gasteiger partial charge in [-0.05, 0) is 24.6 Å². The minimum atomic E-state index is -0.346. The van der Waals surface area contributed by atoms with Crippen LogP contribution in [0.2, 0.25) is 0 Å². The molecule has 0 bridgehead atoms. The van der Waals surface area contributed by atoms with Crippen LogP contribution < -0.4 is 10.6 Å². The van der Waals surface area contributed by atoms with E-state index in [0.717, 1.165) is 22.8 Å². The molecule has 1 atom stereocenters. The normalized spacial score (nSPS) is 17.3. The lowest BCUT2D eigenvalue weighted by Crippen LogP contribution is -2.40. The van der Waals surface area contributed by atoms with E-state index in [0.29, 0.717) is 6.42 Å². The van der Waals surface area contributed by atoms with Gasteiger partial charge in [0.25, 0.3) is 0 Å². The van der Waals surface area contributed by atoms with Gasteiger partial charge in [0.15, 0.2) is 0 Å². The lowest BCUT2D eigenvalue weighted by Gasteiger charge is -2.25. The Morgan fingerprint density at radius 2 is 2.05 bits per heavy atom.